The Kier molecular flexibility index (Phi) is 9.14. The van der Waals surface area contributed by atoms with E-state index in [0.29, 0.717) is 30.2 Å². The molecule has 0 heterocycles. The number of nitrogens with one attached hydrogen (secondary N) is 1. The van der Waals surface area contributed by atoms with Gasteiger partial charge in [-0.25, -0.2) is 4.79 Å². The topological polar surface area (TPSA) is 73.6 Å². The molecule has 5 heteroatoms. The maximum absolute atomic E-state index is 12.1. The quantitative estimate of drug-likeness (QED) is 0.371. The first-order valence-corrected chi connectivity index (χ1v) is 8.55. The minimum Gasteiger partial charge on any atom is -0.491 e. The summed E-state index contributed by atoms with van der Waals surface area (Å²) in [6.45, 7) is 8.20. The third-order valence-electron chi connectivity index (χ3n) is 3.59. The standard InChI is InChI=1S/C18H30N2O3/c1-4-7-11-22-17-9-8-14(12-16(17)19)18(21)23-13-15(6-3)20-10-5-2/h8-9,12,15,20H,4-7,10-11,13,19H2,1-3H3/t15-/m1/s1. The molecule has 0 aliphatic heterocycles. The molecule has 5 nitrogen and oxygen atoms in total. The number of carbonyl (C=O) groups excluding carboxylic acids is 1. The van der Waals surface area contributed by atoms with E-state index in [0.717, 1.165) is 32.2 Å². The highest BCUT2D eigenvalue weighted by Crippen LogP contribution is 2.23. The molecule has 23 heavy (non-hydrogen) atoms. The number of rotatable bonds is 11. The van der Waals surface area contributed by atoms with Crippen LogP contribution in [0.1, 0.15) is 56.8 Å². The molecule has 0 fully saturated rings. The zero-order valence-electron chi connectivity index (χ0n) is 14.6. The SMILES string of the molecule is CCCCOc1ccc(C(=O)OC[C@@H](CC)NCCC)cc1N. The third kappa shape index (κ3) is 6.91. The van der Waals surface area contributed by atoms with Crippen LogP contribution in [0.2, 0.25) is 0 Å². The van der Waals surface area contributed by atoms with Crippen molar-refractivity contribution in [1.29, 1.82) is 0 Å². The van der Waals surface area contributed by atoms with Gasteiger partial charge in [0.25, 0.3) is 0 Å². The zero-order valence-corrected chi connectivity index (χ0v) is 14.6. The summed E-state index contributed by atoms with van der Waals surface area (Å²) < 4.78 is 11.0. The molecule has 1 atom stereocenters. The van der Waals surface area contributed by atoms with Gasteiger partial charge in [0, 0.05) is 6.04 Å². The molecule has 0 radical (unpaired) electrons. The number of ether oxygens (including phenoxy) is 2. The molecule has 0 unspecified atom stereocenters. The molecular formula is C18H30N2O3. The van der Waals surface area contributed by atoms with Gasteiger partial charge in [0.05, 0.1) is 17.9 Å². The number of carbonyl (C=O) groups is 1. The Morgan fingerprint density at radius 3 is 2.65 bits per heavy atom. The summed E-state index contributed by atoms with van der Waals surface area (Å²) in [6.07, 6.45) is 4.02. The first kappa shape index (κ1) is 19.3. The Morgan fingerprint density at radius 1 is 1.26 bits per heavy atom. The molecule has 1 rings (SSSR count). The first-order chi connectivity index (χ1) is 11.1. The van der Waals surface area contributed by atoms with Crippen molar-refractivity contribution < 1.29 is 14.3 Å². The number of nitrogens with two attached hydrogens (primary N) is 1. The van der Waals surface area contributed by atoms with Crippen molar-refractivity contribution in [2.24, 2.45) is 0 Å². The summed E-state index contributed by atoms with van der Waals surface area (Å²) >= 11 is 0. The van der Waals surface area contributed by atoms with Crippen LogP contribution in [-0.4, -0.2) is 31.8 Å². The van der Waals surface area contributed by atoms with Gasteiger partial charge in [-0.2, -0.15) is 0 Å². The van der Waals surface area contributed by atoms with Gasteiger partial charge >= 0.3 is 5.97 Å². The average molecular weight is 322 g/mol. The lowest BCUT2D eigenvalue weighted by Crippen LogP contribution is -2.34. The molecule has 0 aliphatic carbocycles. The summed E-state index contributed by atoms with van der Waals surface area (Å²) in [4.78, 5) is 12.1. The largest absolute Gasteiger partial charge is 0.491 e. The maximum atomic E-state index is 12.1. The minimum absolute atomic E-state index is 0.188. The normalized spacial score (nSPS) is 12.0. The van der Waals surface area contributed by atoms with Gasteiger partial charge in [0.15, 0.2) is 0 Å². The highest BCUT2D eigenvalue weighted by atomic mass is 16.5. The molecule has 0 saturated heterocycles. The van der Waals surface area contributed by atoms with Crippen molar-refractivity contribution in [3.63, 3.8) is 0 Å². The molecule has 1 aromatic carbocycles. The van der Waals surface area contributed by atoms with E-state index < -0.39 is 0 Å². The fourth-order valence-electron chi connectivity index (χ4n) is 2.06. The highest BCUT2D eigenvalue weighted by Gasteiger charge is 2.13. The number of benzene rings is 1. The second-order valence-corrected chi connectivity index (χ2v) is 5.61. The molecule has 0 amide bonds. The zero-order chi connectivity index (χ0) is 17.1. The molecule has 0 aliphatic rings. The van der Waals surface area contributed by atoms with Crippen LogP contribution in [-0.2, 0) is 4.74 Å². The van der Waals surface area contributed by atoms with Crippen LogP contribution in [0.15, 0.2) is 18.2 Å². The lowest BCUT2D eigenvalue weighted by Gasteiger charge is -2.16. The summed E-state index contributed by atoms with van der Waals surface area (Å²) in [7, 11) is 0. The lowest BCUT2D eigenvalue weighted by atomic mass is 10.2. The Balaban J connectivity index is 2.54. The number of anilines is 1. The summed E-state index contributed by atoms with van der Waals surface area (Å²) in [5, 5.41) is 3.35. The number of hydrogen-bond acceptors (Lipinski definition) is 5. The predicted octanol–water partition coefficient (Wildman–Crippen LogP) is 3.38. The van der Waals surface area contributed by atoms with Crippen molar-refractivity contribution in [1.82, 2.24) is 5.32 Å². The summed E-state index contributed by atoms with van der Waals surface area (Å²) in [5.41, 5.74) is 6.86. The Morgan fingerprint density at radius 2 is 2.04 bits per heavy atom. The molecular weight excluding hydrogens is 292 g/mol. The van der Waals surface area contributed by atoms with E-state index in [-0.39, 0.29) is 12.0 Å². The van der Waals surface area contributed by atoms with Crippen LogP contribution >= 0.6 is 0 Å². The van der Waals surface area contributed by atoms with E-state index in [1.54, 1.807) is 18.2 Å². The number of nitrogen functional groups attached to an aromatic ring is 1. The second-order valence-electron chi connectivity index (χ2n) is 5.61. The van der Waals surface area contributed by atoms with Crippen molar-refractivity contribution >= 4 is 11.7 Å². The van der Waals surface area contributed by atoms with Gasteiger partial charge in [0.2, 0.25) is 0 Å². The van der Waals surface area contributed by atoms with E-state index in [1.807, 2.05) is 0 Å². The van der Waals surface area contributed by atoms with Crippen LogP contribution in [0.3, 0.4) is 0 Å². The highest BCUT2D eigenvalue weighted by molar-refractivity contribution is 5.91. The summed E-state index contributed by atoms with van der Waals surface area (Å²) in [6, 6.07) is 5.23. The van der Waals surface area contributed by atoms with Gasteiger partial charge in [0.1, 0.15) is 12.4 Å². The van der Waals surface area contributed by atoms with Gasteiger partial charge in [-0.15, -0.1) is 0 Å². The van der Waals surface area contributed by atoms with Gasteiger partial charge in [-0.1, -0.05) is 27.2 Å². The smallest absolute Gasteiger partial charge is 0.338 e. The van der Waals surface area contributed by atoms with Crippen LogP contribution in [0.25, 0.3) is 0 Å². The number of hydrogen-bond donors (Lipinski definition) is 2. The summed E-state index contributed by atoms with van der Waals surface area (Å²) in [5.74, 6) is 0.264. The minimum atomic E-state index is -0.353. The van der Waals surface area contributed by atoms with E-state index in [4.69, 9.17) is 15.2 Å². The van der Waals surface area contributed by atoms with E-state index in [9.17, 15) is 4.79 Å². The fraction of sp³-hybridized carbons (Fsp3) is 0.611. The molecule has 0 saturated carbocycles. The van der Waals surface area contributed by atoms with Crippen LogP contribution in [0, 0.1) is 0 Å². The predicted molar refractivity (Wildman–Crippen MR) is 93.9 cm³/mol. The Hall–Kier alpha value is -1.75. The molecule has 3 N–H and O–H groups in total. The van der Waals surface area contributed by atoms with E-state index in [1.165, 1.54) is 0 Å². The molecule has 130 valence electrons. The average Bonchev–Trinajstić information content (AvgIpc) is 2.56. The molecule has 1 aromatic rings. The molecule has 0 spiro atoms. The number of unbranched alkanes of at least 4 members (excludes halogenated alkanes) is 1. The van der Waals surface area contributed by atoms with Gasteiger partial charge < -0.3 is 20.5 Å². The van der Waals surface area contributed by atoms with Crippen molar-refractivity contribution in [3.05, 3.63) is 23.8 Å². The Labute approximate surface area is 139 Å². The van der Waals surface area contributed by atoms with Gasteiger partial charge in [-0.05, 0) is 44.0 Å². The number of esters is 1. The van der Waals surface area contributed by atoms with Crippen molar-refractivity contribution in [2.75, 3.05) is 25.5 Å². The van der Waals surface area contributed by atoms with Crippen molar-refractivity contribution in [3.8, 4) is 5.75 Å². The second kappa shape index (κ2) is 10.9. The molecule has 0 bridgehead atoms. The van der Waals surface area contributed by atoms with E-state index in [2.05, 4.69) is 26.1 Å². The first-order valence-electron chi connectivity index (χ1n) is 8.55. The van der Waals surface area contributed by atoms with E-state index >= 15 is 0 Å². The fourth-order valence-corrected chi connectivity index (χ4v) is 2.06. The monoisotopic (exact) mass is 322 g/mol. The molecule has 0 aromatic heterocycles. The van der Waals surface area contributed by atoms with Crippen molar-refractivity contribution in [2.45, 2.75) is 52.5 Å². The Bertz CT molecular complexity index is 477. The van der Waals surface area contributed by atoms with Crippen LogP contribution < -0.4 is 15.8 Å². The third-order valence-corrected chi connectivity index (χ3v) is 3.59. The van der Waals surface area contributed by atoms with Crippen LogP contribution in [0.5, 0.6) is 5.75 Å². The maximum Gasteiger partial charge on any atom is 0.338 e. The van der Waals surface area contributed by atoms with Crippen LogP contribution in [0.4, 0.5) is 5.69 Å². The lowest BCUT2D eigenvalue weighted by molar-refractivity contribution is 0.0463. The van der Waals surface area contributed by atoms with Gasteiger partial charge in [-0.3, -0.25) is 0 Å².